The van der Waals surface area contributed by atoms with Crippen molar-refractivity contribution in [1.29, 1.82) is 0 Å². The fourth-order valence-electron chi connectivity index (χ4n) is 0.999. The van der Waals surface area contributed by atoms with E-state index in [-0.39, 0.29) is 12.1 Å². The molecule has 0 fully saturated rings. The lowest BCUT2D eigenvalue weighted by Gasteiger charge is -2.04. The molecule has 0 saturated carbocycles. The molecular formula is C13H14O2. The standard InChI is InChI=1S/C13H14O2/c1-3-11(2)15-13(14)10-9-12-7-5-4-6-8-12/h3-11H,1H2,2H3/t11-/m0/s1. The van der Waals surface area contributed by atoms with Crippen molar-refractivity contribution in [2.75, 3.05) is 0 Å². The summed E-state index contributed by atoms with van der Waals surface area (Å²) < 4.78 is 4.98. The van der Waals surface area contributed by atoms with Gasteiger partial charge in [-0.05, 0) is 18.6 Å². The molecule has 0 N–H and O–H groups in total. The summed E-state index contributed by atoms with van der Waals surface area (Å²) in [6.45, 7) is 5.30. The zero-order chi connectivity index (χ0) is 11.1. The molecule has 0 amide bonds. The molecule has 0 aromatic heterocycles. The smallest absolute Gasteiger partial charge is 0.331 e. The Kier molecular flexibility index (Phi) is 4.35. The predicted molar refractivity (Wildman–Crippen MR) is 61.2 cm³/mol. The van der Waals surface area contributed by atoms with Gasteiger partial charge in [0.2, 0.25) is 0 Å². The largest absolute Gasteiger partial charge is 0.455 e. The molecule has 0 aliphatic rings. The summed E-state index contributed by atoms with van der Waals surface area (Å²) in [4.78, 5) is 11.2. The van der Waals surface area contributed by atoms with Crippen LogP contribution in [-0.2, 0) is 9.53 Å². The van der Waals surface area contributed by atoms with Crippen molar-refractivity contribution in [2.45, 2.75) is 13.0 Å². The van der Waals surface area contributed by atoms with E-state index < -0.39 is 0 Å². The first-order chi connectivity index (χ1) is 7.22. The summed E-state index contributed by atoms with van der Waals surface area (Å²) >= 11 is 0. The lowest BCUT2D eigenvalue weighted by Crippen LogP contribution is -2.09. The van der Waals surface area contributed by atoms with Crippen LogP contribution in [-0.4, -0.2) is 12.1 Å². The number of benzene rings is 1. The van der Waals surface area contributed by atoms with E-state index in [0.717, 1.165) is 5.56 Å². The Morgan fingerprint density at radius 1 is 1.40 bits per heavy atom. The van der Waals surface area contributed by atoms with Gasteiger partial charge in [-0.15, -0.1) is 0 Å². The number of carbonyl (C=O) groups is 1. The summed E-state index contributed by atoms with van der Waals surface area (Å²) in [5.74, 6) is -0.355. The maximum atomic E-state index is 11.2. The van der Waals surface area contributed by atoms with Gasteiger partial charge >= 0.3 is 5.97 Å². The van der Waals surface area contributed by atoms with Crippen LogP contribution in [0.25, 0.3) is 6.08 Å². The van der Waals surface area contributed by atoms with E-state index in [9.17, 15) is 4.79 Å². The van der Waals surface area contributed by atoms with Crippen LogP contribution in [0, 0.1) is 0 Å². The van der Waals surface area contributed by atoms with Crippen molar-refractivity contribution in [3.63, 3.8) is 0 Å². The molecule has 0 radical (unpaired) electrons. The van der Waals surface area contributed by atoms with Gasteiger partial charge in [0.15, 0.2) is 0 Å². The Bertz CT molecular complexity index is 352. The number of rotatable bonds is 4. The molecule has 0 saturated heterocycles. The zero-order valence-corrected chi connectivity index (χ0v) is 8.72. The number of hydrogen-bond donors (Lipinski definition) is 0. The molecule has 0 bridgehead atoms. The van der Waals surface area contributed by atoms with Crippen molar-refractivity contribution in [1.82, 2.24) is 0 Å². The maximum absolute atomic E-state index is 11.2. The van der Waals surface area contributed by atoms with Crippen LogP contribution in [0.1, 0.15) is 12.5 Å². The van der Waals surface area contributed by atoms with Gasteiger partial charge < -0.3 is 4.74 Å². The van der Waals surface area contributed by atoms with Gasteiger partial charge in [-0.25, -0.2) is 4.79 Å². The predicted octanol–water partition coefficient (Wildman–Crippen LogP) is 2.82. The second kappa shape index (κ2) is 5.81. The highest BCUT2D eigenvalue weighted by Gasteiger charge is 2.00. The fraction of sp³-hybridized carbons (Fsp3) is 0.154. The van der Waals surface area contributed by atoms with Gasteiger partial charge in [-0.3, -0.25) is 0 Å². The van der Waals surface area contributed by atoms with Crippen LogP contribution in [0.2, 0.25) is 0 Å². The van der Waals surface area contributed by atoms with Crippen molar-refractivity contribution >= 4 is 12.0 Å². The highest BCUT2D eigenvalue weighted by molar-refractivity contribution is 5.87. The molecule has 0 unspecified atom stereocenters. The Hall–Kier alpha value is -1.83. The van der Waals surface area contributed by atoms with Crippen LogP contribution in [0.5, 0.6) is 0 Å². The summed E-state index contributed by atoms with van der Waals surface area (Å²) in [6, 6.07) is 9.59. The Morgan fingerprint density at radius 3 is 2.67 bits per heavy atom. The van der Waals surface area contributed by atoms with Gasteiger partial charge in [0.25, 0.3) is 0 Å². The molecule has 1 rings (SSSR count). The molecule has 2 nitrogen and oxygen atoms in total. The van der Waals surface area contributed by atoms with Crippen molar-refractivity contribution in [2.24, 2.45) is 0 Å². The first-order valence-corrected chi connectivity index (χ1v) is 4.78. The van der Waals surface area contributed by atoms with Crippen molar-refractivity contribution in [3.05, 3.63) is 54.6 Å². The minimum Gasteiger partial charge on any atom is -0.455 e. The van der Waals surface area contributed by atoms with E-state index in [1.54, 1.807) is 19.1 Å². The normalized spacial score (nSPS) is 12.3. The van der Waals surface area contributed by atoms with Gasteiger partial charge in [0.05, 0.1) is 0 Å². The minimum atomic E-state index is -0.355. The first kappa shape index (κ1) is 11.2. The molecule has 78 valence electrons. The third-order valence-electron chi connectivity index (χ3n) is 1.85. The van der Waals surface area contributed by atoms with Crippen LogP contribution < -0.4 is 0 Å². The Labute approximate surface area is 89.9 Å². The molecule has 0 aliphatic heterocycles. The summed E-state index contributed by atoms with van der Waals surface area (Å²) in [5.41, 5.74) is 0.973. The SMILES string of the molecule is C=C[C@H](C)OC(=O)C=Cc1ccccc1. The second-order valence-electron chi connectivity index (χ2n) is 3.12. The van der Waals surface area contributed by atoms with Gasteiger partial charge in [0, 0.05) is 6.08 Å². The maximum Gasteiger partial charge on any atom is 0.331 e. The summed E-state index contributed by atoms with van der Waals surface area (Å²) in [6.07, 6.45) is 4.46. The monoisotopic (exact) mass is 202 g/mol. The van der Waals surface area contributed by atoms with E-state index in [2.05, 4.69) is 6.58 Å². The van der Waals surface area contributed by atoms with E-state index in [4.69, 9.17) is 4.74 Å². The van der Waals surface area contributed by atoms with E-state index in [1.807, 2.05) is 30.3 Å². The lowest BCUT2D eigenvalue weighted by atomic mass is 10.2. The zero-order valence-electron chi connectivity index (χ0n) is 8.72. The number of hydrogen-bond acceptors (Lipinski definition) is 2. The average Bonchev–Trinajstić information content (AvgIpc) is 2.27. The van der Waals surface area contributed by atoms with Crippen LogP contribution >= 0.6 is 0 Å². The third-order valence-corrected chi connectivity index (χ3v) is 1.85. The molecule has 0 aliphatic carbocycles. The average molecular weight is 202 g/mol. The van der Waals surface area contributed by atoms with E-state index in [0.29, 0.717) is 0 Å². The van der Waals surface area contributed by atoms with Crippen LogP contribution in [0.4, 0.5) is 0 Å². The van der Waals surface area contributed by atoms with E-state index in [1.165, 1.54) is 6.08 Å². The molecule has 15 heavy (non-hydrogen) atoms. The minimum absolute atomic E-state index is 0.252. The molecule has 0 heterocycles. The molecular weight excluding hydrogens is 188 g/mol. The third kappa shape index (κ3) is 4.27. The molecule has 2 heteroatoms. The van der Waals surface area contributed by atoms with Crippen LogP contribution in [0.15, 0.2) is 49.1 Å². The van der Waals surface area contributed by atoms with Crippen molar-refractivity contribution in [3.8, 4) is 0 Å². The van der Waals surface area contributed by atoms with Gasteiger partial charge in [-0.1, -0.05) is 43.0 Å². The summed E-state index contributed by atoms with van der Waals surface area (Å²) in [5, 5.41) is 0. The topological polar surface area (TPSA) is 26.3 Å². The van der Waals surface area contributed by atoms with E-state index >= 15 is 0 Å². The first-order valence-electron chi connectivity index (χ1n) is 4.78. The Balaban J connectivity index is 2.51. The number of carbonyl (C=O) groups excluding carboxylic acids is 1. The van der Waals surface area contributed by atoms with Crippen molar-refractivity contribution < 1.29 is 9.53 Å². The Morgan fingerprint density at radius 2 is 2.07 bits per heavy atom. The highest BCUT2D eigenvalue weighted by atomic mass is 16.5. The highest BCUT2D eigenvalue weighted by Crippen LogP contribution is 2.02. The number of ether oxygens (including phenoxy) is 1. The molecule has 1 atom stereocenters. The molecule has 0 spiro atoms. The molecule has 1 aromatic carbocycles. The molecule has 1 aromatic rings. The quantitative estimate of drug-likeness (QED) is 0.426. The fourth-order valence-corrected chi connectivity index (χ4v) is 0.999. The lowest BCUT2D eigenvalue weighted by molar-refractivity contribution is -0.140. The van der Waals surface area contributed by atoms with Gasteiger partial charge in [0.1, 0.15) is 6.10 Å². The van der Waals surface area contributed by atoms with Crippen LogP contribution in [0.3, 0.4) is 0 Å². The summed E-state index contributed by atoms with van der Waals surface area (Å²) in [7, 11) is 0. The second-order valence-corrected chi connectivity index (χ2v) is 3.12. The van der Waals surface area contributed by atoms with Gasteiger partial charge in [-0.2, -0.15) is 0 Å². The number of esters is 1.